The number of halogens is 1. The van der Waals surface area contributed by atoms with Gasteiger partial charge in [-0.2, -0.15) is 4.98 Å². The van der Waals surface area contributed by atoms with Gasteiger partial charge in [-0.3, -0.25) is 9.20 Å². The quantitative estimate of drug-likeness (QED) is 0.476. The lowest BCUT2D eigenvalue weighted by Gasteiger charge is -2.17. The maximum Gasteiger partial charge on any atom is 0.279 e. The van der Waals surface area contributed by atoms with Crippen LogP contribution in [0.2, 0.25) is 5.02 Å². The van der Waals surface area contributed by atoms with E-state index in [-0.39, 0.29) is 29.2 Å². The third-order valence-corrected chi connectivity index (χ3v) is 5.88. The van der Waals surface area contributed by atoms with Crippen LogP contribution in [-0.4, -0.2) is 29.7 Å². The molecule has 1 saturated heterocycles. The molecule has 0 amide bonds. The zero-order valence-corrected chi connectivity index (χ0v) is 18.0. The Morgan fingerprint density at radius 1 is 1.27 bits per heavy atom. The fraction of sp³-hybridized carbons (Fsp3) is 0.429. The predicted molar refractivity (Wildman–Crippen MR) is 113 cm³/mol. The van der Waals surface area contributed by atoms with Crippen molar-refractivity contribution in [3.8, 4) is 11.6 Å². The average molecular weight is 428 g/mol. The van der Waals surface area contributed by atoms with Gasteiger partial charge >= 0.3 is 0 Å². The van der Waals surface area contributed by atoms with Crippen LogP contribution in [0.3, 0.4) is 0 Å². The molecule has 5 rings (SSSR count). The van der Waals surface area contributed by atoms with Gasteiger partial charge in [0.1, 0.15) is 17.9 Å². The summed E-state index contributed by atoms with van der Waals surface area (Å²) < 4.78 is 14.9. The summed E-state index contributed by atoms with van der Waals surface area (Å²) in [6.45, 7) is 7.98. The molecule has 1 fully saturated rings. The molecule has 4 aromatic rings. The van der Waals surface area contributed by atoms with Gasteiger partial charge in [0.25, 0.3) is 11.4 Å². The van der Waals surface area contributed by atoms with E-state index < -0.39 is 0 Å². The first-order valence-corrected chi connectivity index (χ1v) is 10.4. The number of rotatable bonds is 3. The fourth-order valence-electron chi connectivity index (χ4n) is 4.16. The molecule has 30 heavy (non-hydrogen) atoms. The molecule has 1 aliphatic rings. The van der Waals surface area contributed by atoms with Gasteiger partial charge in [-0.05, 0) is 52.7 Å². The Morgan fingerprint density at radius 3 is 2.77 bits per heavy atom. The van der Waals surface area contributed by atoms with Crippen LogP contribution in [0, 0.1) is 0 Å². The minimum Gasteiger partial charge on any atom is -0.364 e. The van der Waals surface area contributed by atoms with Gasteiger partial charge in [0.15, 0.2) is 5.69 Å². The number of para-hydroxylation sites is 1. The van der Waals surface area contributed by atoms with Crippen LogP contribution in [0.4, 0.5) is 0 Å². The average Bonchev–Trinajstić information content (AvgIpc) is 3.39. The molecule has 0 saturated carbocycles. The van der Waals surface area contributed by atoms with Crippen molar-refractivity contribution < 1.29 is 9.26 Å². The largest absolute Gasteiger partial charge is 0.364 e. The Labute approximate surface area is 177 Å². The monoisotopic (exact) mass is 427 g/mol. The lowest BCUT2D eigenvalue weighted by molar-refractivity contribution is -0.0207. The molecular weight excluding hydrogens is 406 g/mol. The molecule has 9 heteroatoms. The first-order valence-electron chi connectivity index (χ1n) is 9.98. The van der Waals surface area contributed by atoms with Crippen molar-refractivity contribution in [2.75, 3.05) is 0 Å². The molecule has 1 unspecified atom stereocenters. The number of ether oxygens (including phenoxy) is 1. The zero-order chi connectivity index (χ0) is 21.2. The number of nitrogens with zero attached hydrogens (tertiary/aromatic N) is 5. The number of fused-ring (bicyclic) bond motifs is 3. The normalized spacial score (nSPS) is 18.8. The summed E-state index contributed by atoms with van der Waals surface area (Å²) in [5.41, 5.74) is 1.76. The highest BCUT2D eigenvalue weighted by Gasteiger charge is 2.35. The smallest absolute Gasteiger partial charge is 0.279 e. The van der Waals surface area contributed by atoms with Crippen molar-refractivity contribution in [1.82, 2.24) is 24.1 Å². The van der Waals surface area contributed by atoms with Crippen molar-refractivity contribution >= 4 is 28.2 Å². The summed E-state index contributed by atoms with van der Waals surface area (Å²) >= 11 is 6.45. The summed E-state index contributed by atoms with van der Waals surface area (Å²) in [5.74, 6) is 0.680. The van der Waals surface area contributed by atoms with Gasteiger partial charge in [-0.15, -0.1) is 0 Å². The van der Waals surface area contributed by atoms with Crippen LogP contribution in [0.25, 0.3) is 28.1 Å². The molecule has 0 N–H and O–H groups in total. The summed E-state index contributed by atoms with van der Waals surface area (Å²) in [5, 5.41) is 4.61. The molecule has 156 valence electrons. The van der Waals surface area contributed by atoms with Crippen molar-refractivity contribution in [1.29, 1.82) is 0 Å². The van der Waals surface area contributed by atoms with Crippen molar-refractivity contribution in [3.05, 3.63) is 45.7 Å². The molecule has 3 aromatic heterocycles. The summed E-state index contributed by atoms with van der Waals surface area (Å²) in [4.78, 5) is 22.4. The van der Waals surface area contributed by atoms with Crippen LogP contribution in [0.1, 0.15) is 58.5 Å². The van der Waals surface area contributed by atoms with Gasteiger partial charge in [0.05, 0.1) is 21.7 Å². The zero-order valence-electron chi connectivity index (χ0n) is 17.2. The molecule has 0 radical (unpaired) electrons. The fourth-order valence-corrected chi connectivity index (χ4v) is 4.42. The summed E-state index contributed by atoms with van der Waals surface area (Å²) in [6.07, 6.45) is 3.10. The van der Waals surface area contributed by atoms with E-state index in [9.17, 15) is 4.79 Å². The molecule has 1 aliphatic heterocycles. The van der Waals surface area contributed by atoms with Crippen LogP contribution < -0.4 is 5.56 Å². The molecular formula is C21H22ClN5O3. The van der Waals surface area contributed by atoms with Crippen molar-refractivity contribution in [2.24, 2.45) is 0 Å². The molecule has 0 spiro atoms. The van der Waals surface area contributed by atoms with E-state index in [2.05, 4.69) is 15.1 Å². The summed E-state index contributed by atoms with van der Waals surface area (Å²) in [7, 11) is 0. The molecule has 0 aliphatic carbocycles. The topological polar surface area (TPSA) is 87.5 Å². The number of hydrogen-bond acceptors (Lipinski definition) is 6. The Kier molecular flexibility index (Phi) is 4.27. The number of hydrogen-bond donors (Lipinski definition) is 0. The summed E-state index contributed by atoms with van der Waals surface area (Å²) in [6, 6.07) is 5.44. The minimum atomic E-state index is -0.224. The maximum atomic E-state index is 13.5. The van der Waals surface area contributed by atoms with Crippen LogP contribution >= 0.6 is 11.6 Å². The van der Waals surface area contributed by atoms with E-state index in [1.54, 1.807) is 21.4 Å². The lowest BCUT2D eigenvalue weighted by Crippen LogP contribution is -2.25. The first-order chi connectivity index (χ1) is 14.3. The van der Waals surface area contributed by atoms with Gasteiger partial charge in [0.2, 0.25) is 5.82 Å². The second-order valence-corrected chi connectivity index (χ2v) is 8.96. The SMILES string of the molecule is CC(C)n1c(=O)c2c(-c3nc(C4CCC(C)(C)O4)no3)ncn2c2cccc(Cl)c21. The minimum absolute atomic E-state index is 0.0972. The standard InChI is InChI=1S/C21H22ClN5O3/c1-11(2)27-16-12(22)6-5-7-13(16)26-10-23-15(17(26)20(27)28)19-24-18(25-30-19)14-8-9-21(3,4)29-14/h5-7,10-11,14H,8-9H2,1-4H3. The van der Waals surface area contributed by atoms with Crippen LogP contribution in [0.15, 0.2) is 33.8 Å². The Hall–Kier alpha value is -2.71. The molecule has 8 nitrogen and oxygen atoms in total. The number of aromatic nitrogens is 5. The lowest BCUT2D eigenvalue weighted by atomic mass is 10.1. The van der Waals surface area contributed by atoms with E-state index in [1.165, 1.54) is 0 Å². The predicted octanol–water partition coefficient (Wildman–Crippen LogP) is 4.56. The molecule has 1 aromatic carbocycles. The van der Waals surface area contributed by atoms with Crippen LogP contribution in [-0.2, 0) is 4.74 Å². The van der Waals surface area contributed by atoms with E-state index >= 15 is 0 Å². The Balaban J connectivity index is 1.71. The second-order valence-electron chi connectivity index (χ2n) is 8.55. The van der Waals surface area contributed by atoms with Gasteiger partial charge in [-0.1, -0.05) is 22.8 Å². The van der Waals surface area contributed by atoms with Gasteiger partial charge in [-0.25, -0.2) is 4.98 Å². The highest BCUT2D eigenvalue weighted by atomic mass is 35.5. The molecule has 4 heterocycles. The third kappa shape index (κ3) is 2.86. The van der Waals surface area contributed by atoms with E-state index in [0.717, 1.165) is 18.4 Å². The van der Waals surface area contributed by atoms with Gasteiger partial charge < -0.3 is 13.8 Å². The van der Waals surface area contributed by atoms with Crippen molar-refractivity contribution in [3.63, 3.8) is 0 Å². The van der Waals surface area contributed by atoms with Crippen LogP contribution in [0.5, 0.6) is 0 Å². The van der Waals surface area contributed by atoms with E-state index in [4.69, 9.17) is 20.9 Å². The number of benzene rings is 1. The highest BCUT2D eigenvalue weighted by Crippen LogP contribution is 2.38. The molecule has 0 bridgehead atoms. The van der Waals surface area contributed by atoms with Gasteiger partial charge in [0, 0.05) is 6.04 Å². The van der Waals surface area contributed by atoms with E-state index in [0.29, 0.717) is 27.6 Å². The third-order valence-electron chi connectivity index (χ3n) is 5.57. The Bertz CT molecular complexity index is 1330. The highest BCUT2D eigenvalue weighted by molar-refractivity contribution is 6.35. The first kappa shape index (κ1) is 19.3. The second kappa shape index (κ2) is 6.65. The van der Waals surface area contributed by atoms with Crippen molar-refractivity contribution in [2.45, 2.75) is 58.3 Å². The maximum absolute atomic E-state index is 13.5. The Morgan fingerprint density at radius 2 is 2.07 bits per heavy atom. The number of imidazole rings is 1. The molecule has 1 atom stereocenters. The van der Waals surface area contributed by atoms with E-state index in [1.807, 2.05) is 39.8 Å².